The molecule has 2 saturated carbocycles. The van der Waals surface area contributed by atoms with E-state index in [-0.39, 0.29) is 63.3 Å². The van der Waals surface area contributed by atoms with Gasteiger partial charge < -0.3 is 27.9 Å². The van der Waals surface area contributed by atoms with Crippen LogP contribution in [0.5, 0.6) is 0 Å². The molecular weight excluding hydrogens is 588 g/mol. The Hall–Kier alpha value is -2.20. The van der Waals surface area contributed by atoms with Crippen LogP contribution >= 0.6 is 0 Å². The van der Waals surface area contributed by atoms with E-state index in [0.717, 1.165) is 25.7 Å². The number of hydrogen-bond donors (Lipinski definition) is 0. The van der Waals surface area contributed by atoms with Crippen LogP contribution in [0.2, 0.25) is 0 Å². The molecule has 2 fully saturated rings. The highest BCUT2D eigenvalue weighted by Crippen LogP contribution is 2.36. The molecular formula is C36H66N2O8+2. The quantitative estimate of drug-likeness (QED) is 0.122. The molecule has 0 unspecified atom stereocenters. The molecule has 2 rings (SSSR count). The van der Waals surface area contributed by atoms with Crippen LogP contribution in [0.4, 0.5) is 0 Å². The minimum absolute atomic E-state index is 0.0386. The summed E-state index contributed by atoms with van der Waals surface area (Å²) in [4.78, 5) is 50.1. The maximum atomic E-state index is 12.8. The third-order valence-corrected chi connectivity index (χ3v) is 10.1. The van der Waals surface area contributed by atoms with Gasteiger partial charge in [0.1, 0.15) is 38.5 Å². The summed E-state index contributed by atoms with van der Waals surface area (Å²) in [5, 5.41) is 0. The molecule has 0 radical (unpaired) electrons. The van der Waals surface area contributed by atoms with E-state index in [4.69, 9.17) is 18.9 Å². The monoisotopic (exact) mass is 654 g/mol. The largest absolute Gasteiger partial charge is 0.460 e. The number of hydrogen-bond acceptors (Lipinski definition) is 8. The van der Waals surface area contributed by atoms with E-state index in [1.165, 1.54) is 12.8 Å². The van der Waals surface area contributed by atoms with Crippen molar-refractivity contribution < 1.29 is 47.1 Å². The summed E-state index contributed by atoms with van der Waals surface area (Å²) in [6, 6.07) is 0. The van der Waals surface area contributed by atoms with Gasteiger partial charge in [0.05, 0.1) is 41.0 Å². The van der Waals surface area contributed by atoms with E-state index in [1.54, 1.807) is 0 Å². The zero-order valence-corrected chi connectivity index (χ0v) is 30.7. The maximum Gasteiger partial charge on any atom is 0.362 e. The van der Waals surface area contributed by atoms with Gasteiger partial charge in [-0.3, -0.25) is 9.59 Å². The molecule has 0 aliphatic heterocycles. The number of ether oxygens (including phenoxy) is 4. The zero-order chi connectivity index (χ0) is 34.7. The van der Waals surface area contributed by atoms with Crippen LogP contribution in [0.15, 0.2) is 0 Å². The molecule has 6 atom stereocenters. The fraction of sp³-hybridized carbons (Fsp3) is 0.889. The number of rotatable bonds is 17. The summed E-state index contributed by atoms with van der Waals surface area (Å²) in [5.41, 5.74) is 0. The second-order valence-electron chi connectivity index (χ2n) is 16.3. The van der Waals surface area contributed by atoms with E-state index in [2.05, 4.69) is 41.5 Å². The van der Waals surface area contributed by atoms with Gasteiger partial charge in [0.2, 0.25) is 0 Å². The summed E-state index contributed by atoms with van der Waals surface area (Å²) in [7, 11) is 7.64. The van der Waals surface area contributed by atoms with E-state index in [1.807, 2.05) is 28.2 Å². The summed E-state index contributed by atoms with van der Waals surface area (Å²) in [6.45, 7) is 14.8. The summed E-state index contributed by atoms with van der Waals surface area (Å²) in [5.74, 6) is 1.44. The van der Waals surface area contributed by atoms with Crippen molar-refractivity contribution in [2.24, 2.45) is 35.5 Å². The van der Waals surface area contributed by atoms with Crippen LogP contribution in [0, 0.1) is 35.5 Å². The first-order valence-corrected chi connectivity index (χ1v) is 17.7. The first kappa shape index (κ1) is 40.0. The fourth-order valence-corrected chi connectivity index (χ4v) is 6.93. The number of carbonyl (C=O) groups is 4. The molecule has 0 amide bonds. The van der Waals surface area contributed by atoms with Crippen molar-refractivity contribution in [3.63, 3.8) is 0 Å². The number of likely N-dealkylation sites (N-methyl/N-ethyl adjacent to an activating group) is 2. The Morgan fingerprint density at radius 2 is 0.935 bits per heavy atom. The Bertz CT molecular complexity index is 916. The molecule has 266 valence electrons. The fourth-order valence-electron chi connectivity index (χ4n) is 6.93. The number of quaternary nitrogens is 2. The first-order chi connectivity index (χ1) is 21.4. The molecule has 0 aromatic heterocycles. The predicted molar refractivity (Wildman–Crippen MR) is 177 cm³/mol. The molecule has 46 heavy (non-hydrogen) atoms. The number of carbonyl (C=O) groups excluding carboxylic acids is 4. The maximum absolute atomic E-state index is 12.8. The average molecular weight is 655 g/mol. The Balaban J connectivity index is 1.63. The molecule has 0 saturated heterocycles. The Labute approximate surface area is 279 Å². The molecule has 0 aromatic rings. The van der Waals surface area contributed by atoms with Crippen molar-refractivity contribution in [2.45, 2.75) is 105 Å². The molecule has 0 bridgehead atoms. The second kappa shape index (κ2) is 18.4. The van der Waals surface area contributed by atoms with Crippen molar-refractivity contribution in [3.8, 4) is 0 Å². The summed E-state index contributed by atoms with van der Waals surface area (Å²) >= 11 is 0. The third-order valence-electron chi connectivity index (χ3n) is 10.1. The number of esters is 4. The van der Waals surface area contributed by atoms with Crippen LogP contribution in [-0.4, -0.2) is 113 Å². The molecule has 0 N–H and O–H groups in total. The van der Waals surface area contributed by atoms with E-state index < -0.39 is 11.9 Å². The molecule has 10 heteroatoms. The molecule has 2 aliphatic rings. The highest BCUT2D eigenvalue weighted by atomic mass is 16.6. The van der Waals surface area contributed by atoms with Crippen molar-refractivity contribution >= 4 is 23.9 Å². The molecule has 0 aromatic carbocycles. The van der Waals surface area contributed by atoms with Crippen molar-refractivity contribution in [3.05, 3.63) is 0 Å². The van der Waals surface area contributed by atoms with Gasteiger partial charge in [0.25, 0.3) is 0 Å². The SMILES string of the molecule is CC(C)[C@H]1CC[C@H](C)C[C@H]1OC(=O)C[N+](C)(C)CCOC(=O)CCC(=O)OCC[N+](C)(C)CC(=O)O[C@H]1C[C@H](C)CC[C@H]1C(C)C. The van der Waals surface area contributed by atoms with Gasteiger partial charge >= 0.3 is 23.9 Å². The van der Waals surface area contributed by atoms with Crippen LogP contribution < -0.4 is 0 Å². The average Bonchev–Trinajstić information content (AvgIpc) is 2.90. The van der Waals surface area contributed by atoms with Crippen LogP contribution in [0.25, 0.3) is 0 Å². The smallest absolute Gasteiger partial charge is 0.362 e. The standard InChI is InChI=1S/C36H66N2O8/c1-25(2)29-13-11-27(5)21-31(29)45-35(41)23-37(7,8)17-19-43-33(39)15-16-34(40)44-20-18-38(9,10)24-36(42)46-32-22-28(6)12-14-30(32)26(3)4/h25-32H,11-24H2,1-10H3/q+2/t27-,28+,29+,30-,31+,32-. The summed E-state index contributed by atoms with van der Waals surface area (Å²) in [6.07, 6.45) is 6.12. The normalized spacial score (nSPS) is 25.7. The second-order valence-corrected chi connectivity index (χ2v) is 16.3. The van der Waals surface area contributed by atoms with Crippen molar-refractivity contribution in [1.82, 2.24) is 0 Å². The lowest BCUT2D eigenvalue weighted by Gasteiger charge is -2.37. The van der Waals surface area contributed by atoms with Crippen molar-refractivity contribution in [2.75, 3.05) is 67.6 Å². The minimum Gasteiger partial charge on any atom is -0.460 e. The van der Waals surface area contributed by atoms with Gasteiger partial charge in [-0.1, -0.05) is 54.4 Å². The van der Waals surface area contributed by atoms with Crippen LogP contribution in [0.1, 0.15) is 92.9 Å². The van der Waals surface area contributed by atoms with Gasteiger partial charge in [-0.2, -0.15) is 0 Å². The van der Waals surface area contributed by atoms with E-state index >= 15 is 0 Å². The van der Waals surface area contributed by atoms with Gasteiger partial charge in [0.15, 0.2) is 13.1 Å². The van der Waals surface area contributed by atoms with Gasteiger partial charge in [0, 0.05) is 0 Å². The lowest BCUT2D eigenvalue weighted by Crippen LogP contribution is -2.48. The molecule has 10 nitrogen and oxygen atoms in total. The topological polar surface area (TPSA) is 105 Å². The lowest BCUT2D eigenvalue weighted by molar-refractivity contribution is -0.883. The molecule has 2 aliphatic carbocycles. The van der Waals surface area contributed by atoms with Crippen LogP contribution in [0.3, 0.4) is 0 Å². The molecule has 0 heterocycles. The van der Waals surface area contributed by atoms with Gasteiger partial charge in [-0.05, 0) is 61.2 Å². The van der Waals surface area contributed by atoms with E-state index in [9.17, 15) is 19.2 Å². The molecule has 0 spiro atoms. The van der Waals surface area contributed by atoms with Crippen LogP contribution in [-0.2, 0) is 38.1 Å². The summed E-state index contributed by atoms with van der Waals surface area (Å²) < 4.78 is 23.3. The third kappa shape index (κ3) is 14.7. The number of nitrogens with zero attached hydrogens (tertiary/aromatic N) is 2. The Morgan fingerprint density at radius 3 is 1.26 bits per heavy atom. The van der Waals surface area contributed by atoms with Gasteiger partial charge in [-0.15, -0.1) is 0 Å². The van der Waals surface area contributed by atoms with Crippen molar-refractivity contribution in [1.29, 1.82) is 0 Å². The highest BCUT2D eigenvalue weighted by molar-refractivity contribution is 5.77. The highest BCUT2D eigenvalue weighted by Gasteiger charge is 2.36. The minimum atomic E-state index is -0.480. The lowest BCUT2D eigenvalue weighted by atomic mass is 9.75. The predicted octanol–water partition coefficient (Wildman–Crippen LogP) is 5.01. The first-order valence-electron chi connectivity index (χ1n) is 17.7. The Morgan fingerprint density at radius 1 is 0.587 bits per heavy atom. The Kier molecular flexibility index (Phi) is 16.0. The zero-order valence-electron chi connectivity index (χ0n) is 30.7. The van der Waals surface area contributed by atoms with E-state index in [0.29, 0.717) is 57.6 Å². The van der Waals surface area contributed by atoms with Gasteiger partial charge in [-0.25, -0.2) is 9.59 Å².